The number of carbonyl (C=O) groups excluding carboxylic acids is 2. The molecule has 1 fully saturated rings. The van der Waals surface area contributed by atoms with Crippen molar-refractivity contribution in [2.24, 2.45) is 0 Å². The van der Waals surface area contributed by atoms with Crippen LogP contribution in [0.2, 0.25) is 0 Å². The van der Waals surface area contributed by atoms with Crippen LogP contribution < -0.4 is 10.2 Å². The summed E-state index contributed by atoms with van der Waals surface area (Å²) in [6.07, 6.45) is 6.77. The maximum atomic E-state index is 14.2. The molecule has 1 saturated heterocycles. The molecule has 1 aliphatic rings. The first-order valence-electron chi connectivity index (χ1n) is 11.7. The molecule has 182 valence electrons. The SMILES string of the molecule is CC(=O)N(c1nc(/C=C/C(=O)Nc2ccc(CN3CCCCC3C)cc2)cs1)c1ccccc1F. The van der Waals surface area contributed by atoms with Crippen LogP contribution in [-0.2, 0) is 16.1 Å². The fraction of sp³-hybridized carbons (Fsp3) is 0.296. The Balaban J connectivity index is 1.36. The summed E-state index contributed by atoms with van der Waals surface area (Å²) in [5.41, 5.74) is 2.60. The largest absolute Gasteiger partial charge is 0.323 e. The van der Waals surface area contributed by atoms with Crippen LogP contribution in [0.1, 0.15) is 44.4 Å². The van der Waals surface area contributed by atoms with Crippen molar-refractivity contribution in [2.75, 3.05) is 16.8 Å². The number of nitrogens with one attached hydrogen (secondary N) is 1. The van der Waals surface area contributed by atoms with Crippen LogP contribution in [0.15, 0.2) is 60.0 Å². The first-order chi connectivity index (χ1) is 16.9. The number of para-hydroxylation sites is 1. The topological polar surface area (TPSA) is 65.5 Å². The van der Waals surface area contributed by atoms with Gasteiger partial charge >= 0.3 is 0 Å². The molecule has 3 aromatic rings. The fourth-order valence-corrected chi connectivity index (χ4v) is 5.01. The number of amides is 2. The van der Waals surface area contributed by atoms with Crippen LogP contribution in [0.25, 0.3) is 6.08 Å². The normalized spacial score (nSPS) is 16.4. The van der Waals surface area contributed by atoms with Gasteiger partial charge < -0.3 is 5.32 Å². The van der Waals surface area contributed by atoms with E-state index in [9.17, 15) is 14.0 Å². The van der Waals surface area contributed by atoms with Gasteiger partial charge in [-0.05, 0) is 62.2 Å². The Morgan fingerprint density at radius 1 is 1.20 bits per heavy atom. The number of anilines is 3. The number of hydrogen-bond acceptors (Lipinski definition) is 5. The van der Waals surface area contributed by atoms with Crippen molar-refractivity contribution < 1.29 is 14.0 Å². The zero-order valence-electron chi connectivity index (χ0n) is 19.9. The van der Waals surface area contributed by atoms with Crippen molar-refractivity contribution in [2.45, 2.75) is 45.7 Å². The minimum absolute atomic E-state index is 0.140. The fourth-order valence-electron chi connectivity index (χ4n) is 4.16. The summed E-state index contributed by atoms with van der Waals surface area (Å²) < 4.78 is 14.2. The average Bonchev–Trinajstić information content (AvgIpc) is 3.30. The highest BCUT2D eigenvalue weighted by Crippen LogP contribution is 2.31. The number of likely N-dealkylation sites (tertiary alicyclic amines) is 1. The summed E-state index contributed by atoms with van der Waals surface area (Å²) in [7, 11) is 0. The summed E-state index contributed by atoms with van der Waals surface area (Å²) in [6.45, 7) is 5.69. The molecule has 6 nitrogen and oxygen atoms in total. The van der Waals surface area contributed by atoms with Gasteiger partial charge in [-0.3, -0.25) is 19.4 Å². The second-order valence-electron chi connectivity index (χ2n) is 8.70. The highest BCUT2D eigenvalue weighted by molar-refractivity contribution is 7.14. The van der Waals surface area contributed by atoms with Crippen LogP contribution in [0.4, 0.5) is 20.9 Å². The van der Waals surface area contributed by atoms with Gasteiger partial charge in [-0.1, -0.05) is 30.7 Å². The summed E-state index contributed by atoms with van der Waals surface area (Å²) >= 11 is 1.20. The lowest BCUT2D eigenvalue weighted by molar-refractivity contribution is -0.116. The summed E-state index contributed by atoms with van der Waals surface area (Å²) in [4.78, 5) is 32.7. The maximum Gasteiger partial charge on any atom is 0.248 e. The monoisotopic (exact) mass is 492 g/mol. The van der Waals surface area contributed by atoms with Gasteiger partial charge in [0.2, 0.25) is 11.8 Å². The Bertz CT molecular complexity index is 1210. The smallest absolute Gasteiger partial charge is 0.248 e. The molecule has 1 aromatic heterocycles. The molecular weight excluding hydrogens is 463 g/mol. The second-order valence-corrected chi connectivity index (χ2v) is 9.53. The van der Waals surface area contributed by atoms with E-state index >= 15 is 0 Å². The third-order valence-corrected chi connectivity index (χ3v) is 6.91. The number of nitrogens with zero attached hydrogens (tertiary/aromatic N) is 3. The van der Waals surface area contributed by atoms with Crippen LogP contribution >= 0.6 is 11.3 Å². The number of hydrogen-bond donors (Lipinski definition) is 1. The van der Waals surface area contributed by atoms with Gasteiger partial charge in [-0.25, -0.2) is 9.37 Å². The van der Waals surface area contributed by atoms with Crippen molar-refractivity contribution in [3.8, 4) is 0 Å². The zero-order valence-corrected chi connectivity index (χ0v) is 20.7. The van der Waals surface area contributed by atoms with Gasteiger partial charge in [-0.15, -0.1) is 11.3 Å². The molecule has 1 N–H and O–H groups in total. The van der Waals surface area contributed by atoms with Crippen molar-refractivity contribution >= 4 is 45.7 Å². The van der Waals surface area contributed by atoms with Crippen molar-refractivity contribution in [3.05, 3.63) is 77.1 Å². The number of carbonyl (C=O) groups is 2. The molecule has 0 aliphatic carbocycles. The minimum atomic E-state index is -0.508. The molecule has 1 atom stereocenters. The zero-order chi connectivity index (χ0) is 24.8. The Morgan fingerprint density at radius 3 is 2.69 bits per heavy atom. The van der Waals surface area contributed by atoms with Crippen LogP contribution in [-0.4, -0.2) is 34.3 Å². The third kappa shape index (κ3) is 6.41. The van der Waals surface area contributed by atoms with E-state index in [1.54, 1.807) is 23.6 Å². The van der Waals surface area contributed by atoms with Crippen LogP contribution in [0.5, 0.6) is 0 Å². The summed E-state index contributed by atoms with van der Waals surface area (Å²) in [5, 5.41) is 4.90. The predicted molar refractivity (Wildman–Crippen MR) is 139 cm³/mol. The van der Waals surface area contributed by atoms with E-state index in [1.165, 1.54) is 66.2 Å². The van der Waals surface area contributed by atoms with Gasteiger partial charge in [0, 0.05) is 36.7 Å². The highest BCUT2D eigenvalue weighted by atomic mass is 32.1. The number of halogens is 1. The van der Waals surface area contributed by atoms with E-state index in [0.29, 0.717) is 16.9 Å². The lowest BCUT2D eigenvalue weighted by Crippen LogP contribution is -2.36. The molecule has 2 aromatic carbocycles. The van der Waals surface area contributed by atoms with Gasteiger partial charge in [0.15, 0.2) is 5.13 Å². The van der Waals surface area contributed by atoms with Crippen molar-refractivity contribution in [1.82, 2.24) is 9.88 Å². The molecule has 1 aliphatic heterocycles. The van der Waals surface area contributed by atoms with Crippen LogP contribution in [0.3, 0.4) is 0 Å². The molecule has 35 heavy (non-hydrogen) atoms. The molecule has 0 saturated carbocycles. The lowest BCUT2D eigenvalue weighted by atomic mass is 10.0. The standard InChI is InChI=1S/C27H29FN4O2S/c1-19-7-5-6-16-31(19)17-21-10-12-22(13-11-21)29-26(34)15-14-23-18-35-27(30-23)32(20(2)33)25-9-4-3-8-24(25)28/h3-4,8-15,18-19H,5-7,16-17H2,1-2H3,(H,29,34)/b15-14+. The number of thiazole rings is 1. The number of rotatable bonds is 7. The lowest BCUT2D eigenvalue weighted by Gasteiger charge is -2.33. The molecular formula is C27H29FN4O2S. The molecule has 1 unspecified atom stereocenters. The van der Waals surface area contributed by atoms with Gasteiger partial charge in [0.05, 0.1) is 11.4 Å². The molecule has 0 bridgehead atoms. The summed E-state index contributed by atoms with van der Waals surface area (Å²) in [5.74, 6) is -1.14. The number of aromatic nitrogens is 1. The van der Waals surface area contributed by atoms with E-state index in [4.69, 9.17) is 0 Å². The van der Waals surface area contributed by atoms with Gasteiger partial charge in [-0.2, -0.15) is 0 Å². The van der Waals surface area contributed by atoms with E-state index in [1.807, 2.05) is 24.3 Å². The molecule has 2 heterocycles. The Hall–Kier alpha value is -3.36. The van der Waals surface area contributed by atoms with E-state index < -0.39 is 5.82 Å². The second kappa shape index (κ2) is 11.4. The number of piperidine rings is 1. The maximum absolute atomic E-state index is 14.2. The number of benzene rings is 2. The Labute approximate surface area is 209 Å². The molecule has 2 amide bonds. The highest BCUT2D eigenvalue weighted by Gasteiger charge is 2.21. The minimum Gasteiger partial charge on any atom is -0.323 e. The van der Waals surface area contributed by atoms with Gasteiger partial charge in [0.1, 0.15) is 5.82 Å². The van der Waals surface area contributed by atoms with Crippen LogP contribution in [0, 0.1) is 5.82 Å². The quantitative estimate of drug-likeness (QED) is 0.411. The molecule has 0 spiro atoms. The third-order valence-electron chi connectivity index (χ3n) is 6.06. The van der Waals surface area contributed by atoms with Gasteiger partial charge in [0.25, 0.3) is 0 Å². The first kappa shape index (κ1) is 24.8. The van der Waals surface area contributed by atoms with Crippen molar-refractivity contribution in [3.63, 3.8) is 0 Å². The van der Waals surface area contributed by atoms with Crippen molar-refractivity contribution in [1.29, 1.82) is 0 Å². The predicted octanol–water partition coefficient (Wildman–Crippen LogP) is 5.99. The van der Waals surface area contributed by atoms with E-state index in [-0.39, 0.29) is 17.5 Å². The van der Waals surface area contributed by atoms with E-state index in [2.05, 4.69) is 22.1 Å². The Kier molecular flexibility index (Phi) is 8.05. The first-order valence-corrected chi connectivity index (χ1v) is 12.6. The molecule has 4 rings (SSSR count). The van der Waals surface area contributed by atoms with E-state index in [0.717, 1.165) is 18.8 Å². The summed E-state index contributed by atoms with van der Waals surface area (Å²) in [6, 6.07) is 14.6. The average molecular weight is 493 g/mol. The molecule has 0 radical (unpaired) electrons. The molecule has 8 heteroatoms. The Morgan fingerprint density at radius 2 is 1.97 bits per heavy atom.